The van der Waals surface area contributed by atoms with Crippen LogP contribution in [-0.2, 0) is 9.59 Å². The van der Waals surface area contributed by atoms with E-state index in [1.54, 1.807) is 24.3 Å². The Kier molecular flexibility index (Phi) is 5.07. The first-order chi connectivity index (χ1) is 14.0. The van der Waals surface area contributed by atoms with Crippen molar-refractivity contribution in [2.75, 3.05) is 4.90 Å². The molecular weight excluding hydrogens is 430 g/mol. The lowest BCUT2D eigenvalue weighted by atomic mass is 9.95. The number of anilines is 1. The SMILES string of the molecule is Cc1ccccc1N1C(=O)C(=O)/C(=C(/O)c2ccc(Br)cc2)C1c1ccccc1. The molecule has 1 fully saturated rings. The molecule has 29 heavy (non-hydrogen) atoms. The Morgan fingerprint density at radius 3 is 2.17 bits per heavy atom. The van der Waals surface area contributed by atoms with Gasteiger partial charge in [-0.15, -0.1) is 0 Å². The number of hydrogen-bond donors (Lipinski definition) is 1. The van der Waals surface area contributed by atoms with Crippen molar-refractivity contribution in [1.29, 1.82) is 0 Å². The first kappa shape index (κ1) is 19.2. The molecule has 3 aromatic carbocycles. The largest absolute Gasteiger partial charge is 0.507 e. The zero-order valence-corrected chi connectivity index (χ0v) is 17.3. The average Bonchev–Trinajstić information content (AvgIpc) is 3.00. The van der Waals surface area contributed by atoms with Crippen LogP contribution in [0.15, 0.2) is 88.9 Å². The Morgan fingerprint density at radius 1 is 0.897 bits per heavy atom. The summed E-state index contributed by atoms with van der Waals surface area (Å²) in [6.07, 6.45) is 0. The standard InChI is InChI=1S/C24H18BrNO3/c1-15-7-5-6-10-19(15)26-21(16-8-3-2-4-9-16)20(23(28)24(26)29)22(27)17-11-13-18(25)14-12-17/h2-14,21,27H,1H3/b22-20+. The molecule has 1 heterocycles. The number of aliphatic hydroxyl groups excluding tert-OH is 1. The summed E-state index contributed by atoms with van der Waals surface area (Å²) in [5.74, 6) is -1.52. The van der Waals surface area contributed by atoms with E-state index in [-0.39, 0.29) is 11.3 Å². The molecule has 1 amide bonds. The lowest BCUT2D eigenvalue weighted by Gasteiger charge is -2.26. The van der Waals surface area contributed by atoms with E-state index in [4.69, 9.17) is 0 Å². The number of Topliss-reactive ketones (excluding diaryl/α,β-unsaturated/α-hetero) is 1. The van der Waals surface area contributed by atoms with E-state index in [0.29, 0.717) is 11.3 Å². The molecule has 1 atom stereocenters. The van der Waals surface area contributed by atoms with Gasteiger partial charge in [-0.05, 0) is 36.2 Å². The zero-order valence-electron chi connectivity index (χ0n) is 15.7. The van der Waals surface area contributed by atoms with Crippen LogP contribution < -0.4 is 4.90 Å². The first-order valence-electron chi connectivity index (χ1n) is 9.16. The Morgan fingerprint density at radius 2 is 1.52 bits per heavy atom. The summed E-state index contributed by atoms with van der Waals surface area (Å²) in [6, 6.07) is 23.0. The molecule has 4 nitrogen and oxygen atoms in total. The highest BCUT2D eigenvalue weighted by Crippen LogP contribution is 2.42. The molecule has 1 N–H and O–H groups in total. The van der Waals surface area contributed by atoms with Gasteiger partial charge in [-0.3, -0.25) is 14.5 Å². The van der Waals surface area contributed by atoms with Crippen molar-refractivity contribution < 1.29 is 14.7 Å². The van der Waals surface area contributed by atoms with Crippen LogP contribution in [0.25, 0.3) is 5.76 Å². The molecule has 0 aromatic heterocycles. The Bertz CT molecular complexity index is 1120. The average molecular weight is 448 g/mol. The molecule has 0 spiro atoms. The minimum absolute atomic E-state index is 0.0896. The number of carbonyl (C=O) groups excluding carboxylic acids is 2. The first-order valence-corrected chi connectivity index (χ1v) is 9.96. The topological polar surface area (TPSA) is 57.6 Å². The lowest BCUT2D eigenvalue weighted by molar-refractivity contribution is -0.132. The van der Waals surface area contributed by atoms with Gasteiger partial charge < -0.3 is 5.11 Å². The summed E-state index contributed by atoms with van der Waals surface area (Å²) in [4.78, 5) is 27.6. The van der Waals surface area contributed by atoms with Gasteiger partial charge in [-0.25, -0.2) is 0 Å². The molecular formula is C24H18BrNO3. The second-order valence-corrected chi connectivity index (χ2v) is 7.79. The molecule has 0 radical (unpaired) electrons. The number of carbonyl (C=O) groups is 2. The number of rotatable bonds is 3. The summed E-state index contributed by atoms with van der Waals surface area (Å²) in [7, 11) is 0. The normalized spacial score (nSPS) is 18.3. The van der Waals surface area contributed by atoms with Crippen molar-refractivity contribution in [2.45, 2.75) is 13.0 Å². The van der Waals surface area contributed by atoms with E-state index in [1.165, 1.54) is 4.90 Å². The van der Waals surface area contributed by atoms with Gasteiger partial charge in [-0.2, -0.15) is 0 Å². The highest BCUT2D eigenvalue weighted by atomic mass is 79.9. The fourth-order valence-electron chi connectivity index (χ4n) is 3.63. The molecule has 0 aliphatic carbocycles. The van der Waals surface area contributed by atoms with Crippen LogP contribution in [0.2, 0.25) is 0 Å². The maximum atomic E-state index is 13.1. The van der Waals surface area contributed by atoms with E-state index in [9.17, 15) is 14.7 Å². The predicted octanol–water partition coefficient (Wildman–Crippen LogP) is 5.38. The number of ketones is 1. The molecule has 144 valence electrons. The van der Waals surface area contributed by atoms with E-state index in [1.807, 2.05) is 61.5 Å². The fourth-order valence-corrected chi connectivity index (χ4v) is 3.89. The second kappa shape index (κ2) is 7.68. The predicted molar refractivity (Wildman–Crippen MR) is 117 cm³/mol. The van der Waals surface area contributed by atoms with Crippen LogP contribution in [0.5, 0.6) is 0 Å². The lowest BCUT2D eigenvalue weighted by Crippen LogP contribution is -2.30. The molecule has 0 bridgehead atoms. The third-order valence-corrected chi connectivity index (χ3v) is 5.58. The van der Waals surface area contributed by atoms with Crippen molar-refractivity contribution >= 4 is 39.1 Å². The van der Waals surface area contributed by atoms with Gasteiger partial charge in [0.2, 0.25) is 0 Å². The van der Waals surface area contributed by atoms with Crippen LogP contribution in [0.1, 0.15) is 22.7 Å². The summed E-state index contributed by atoms with van der Waals surface area (Å²) in [5, 5.41) is 11.0. The third-order valence-electron chi connectivity index (χ3n) is 5.05. The van der Waals surface area contributed by atoms with Gasteiger partial charge in [0.1, 0.15) is 5.76 Å². The van der Waals surface area contributed by atoms with Crippen LogP contribution >= 0.6 is 15.9 Å². The number of benzene rings is 3. The molecule has 1 aliphatic heterocycles. The van der Waals surface area contributed by atoms with E-state index >= 15 is 0 Å². The van der Waals surface area contributed by atoms with Crippen LogP contribution in [-0.4, -0.2) is 16.8 Å². The van der Waals surface area contributed by atoms with Gasteiger partial charge in [-0.1, -0.05) is 76.6 Å². The number of para-hydroxylation sites is 1. The minimum Gasteiger partial charge on any atom is -0.507 e. The second-order valence-electron chi connectivity index (χ2n) is 6.87. The van der Waals surface area contributed by atoms with Crippen molar-refractivity contribution in [1.82, 2.24) is 0 Å². The highest BCUT2D eigenvalue weighted by molar-refractivity contribution is 9.10. The Labute approximate surface area is 177 Å². The molecule has 1 unspecified atom stereocenters. The summed E-state index contributed by atoms with van der Waals surface area (Å²) >= 11 is 3.37. The molecule has 1 saturated heterocycles. The van der Waals surface area contributed by atoms with Crippen LogP contribution in [0.3, 0.4) is 0 Å². The number of aryl methyl sites for hydroxylation is 1. The molecule has 5 heteroatoms. The summed E-state index contributed by atoms with van der Waals surface area (Å²) in [6.45, 7) is 1.89. The monoisotopic (exact) mass is 447 g/mol. The zero-order chi connectivity index (χ0) is 20.5. The molecule has 4 rings (SSSR count). The number of hydrogen-bond acceptors (Lipinski definition) is 3. The molecule has 3 aromatic rings. The van der Waals surface area contributed by atoms with Gasteiger partial charge >= 0.3 is 0 Å². The van der Waals surface area contributed by atoms with Crippen LogP contribution in [0.4, 0.5) is 5.69 Å². The summed E-state index contributed by atoms with van der Waals surface area (Å²) < 4.78 is 0.856. The van der Waals surface area contributed by atoms with E-state index in [2.05, 4.69) is 15.9 Å². The summed E-state index contributed by atoms with van der Waals surface area (Å²) in [5.41, 5.74) is 2.86. The van der Waals surface area contributed by atoms with Gasteiger partial charge in [0.05, 0.1) is 11.6 Å². The highest BCUT2D eigenvalue weighted by Gasteiger charge is 2.47. The number of nitrogens with zero attached hydrogens (tertiary/aromatic N) is 1. The quantitative estimate of drug-likeness (QED) is 0.332. The van der Waals surface area contributed by atoms with Gasteiger partial charge in [0.25, 0.3) is 11.7 Å². The maximum Gasteiger partial charge on any atom is 0.300 e. The van der Waals surface area contributed by atoms with Crippen LogP contribution in [0, 0.1) is 6.92 Å². The Hall–Kier alpha value is -3.18. The van der Waals surface area contributed by atoms with Gasteiger partial charge in [0, 0.05) is 15.7 Å². The number of amides is 1. The van der Waals surface area contributed by atoms with Crippen molar-refractivity contribution in [3.8, 4) is 0 Å². The molecule has 0 saturated carbocycles. The number of aliphatic hydroxyl groups is 1. The van der Waals surface area contributed by atoms with Crippen molar-refractivity contribution in [3.05, 3.63) is 106 Å². The van der Waals surface area contributed by atoms with Crippen molar-refractivity contribution in [3.63, 3.8) is 0 Å². The third kappa shape index (κ3) is 3.38. The van der Waals surface area contributed by atoms with Gasteiger partial charge in [0.15, 0.2) is 0 Å². The molecule has 1 aliphatic rings. The van der Waals surface area contributed by atoms with E-state index in [0.717, 1.165) is 15.6 Å². The van der Waals surface area contributed by atoms with Crippen molar-refractivity contribution in [2.24, 2.45) is 0 Å². The number of halogens is 1. The van der Waals surface area contributed by atoms with E-state index < -0.39 is 17.7 Å². The maximum absolute atomic E-state index is 13.1. The minimum atomic E-state index is -0.707. The fraction of sp³-hybridized carbons (Fsp3) is 0.0833. The smallest absolute Gasteiger partial charge is 0.300 e. The Balaban J connectivity index is 1.96.